The van der Waals surface area contributed by atoms with Crippen molar-refractivity contribution in [3.63, 3.8) is 0 Å². The number of carbonyl (C=O) groups is 1. The number of nitrogens with zero attached hydrogens (tertiary/aromatic N) is 1. The zero-order chi connectivity index (χ0) is 33.0. The first-order valence-corrected chi connectivity index (χ1v) is 10.2. The molecule has 236 valence electrons. The van der Waals surface area contributed by atoms with E-state index in [2.05, 4.69) is 0 Å². The third-order valence-corrected chi connectivity index (χ3v) is 6.13. The summed E-state index contributed by atoms with van der Waals surface area (Å²) >= 11 is 0. The van der Waals surface area contributed by atoms with Crippen LogP contribution < -0.4 is 0 Å². The predicted molar refractivity (Wildman–Crippen MR) is 97.1 cm³/mol. The lowest BCUT2D eigenvalue weighted by atomic mass is 9.71. The highest BCUT2D eigenvalue weighted by Crippen LogP contribution is 2.67. The van der Waals surface area contributed by atoms with Crippen molar-refractivity contribution in [3.05, 3.63) is 34.4 Å². The molecular weight excluding hydrogens is 647 g/mol. The van der Waals surface area contributed by atoms with E-state index < -0.39 is 112 Å². The maximum atomic E-state index is 14.3. The van der Waals surface area contributed by atoms with Crippen LogP contribution >= 0.6 is 0 Å². The van der Waals surface area contributed by atoms with E-state index in [1.54, 1.807) is 0 Å². The number of carbonyl (C=O) groups excluding carboxylic acids is 1. The first kappa shape index (κ1) is 33.3. The number of aliphatic hydroxyl groups is 1. The standard InChI is InChI=1S/C20H6F19NO2/c21-13(22)11(14(23,24)19(36,37)20(38,39)18(13,34)35)10(42)7-3-5-6(9(7)41)1-4(15(25,26)27)2-8(5)40-12(16(28,29)30)17(31,32)33/h1-2,11,41H,3H2. The van der Waals surface area contributed by atoms with Gasteiger partial charge in [0.15, 0.2) is 11.7 Å². The Morgan fingerprint density at radius 1 is 0.738 bits per heavy atom. The van der Waals surface area contributed by atoms with E-state index in [9.17, 15) is 93.3 Å². The molecule has 0 aliphatic heterocycles. The topological polar surface area (TPSA) is 49.7 Å². The van der Waals surface area contributed by atoms with Gasteiger partial charge in [0, 0.05) is 17.6 Å². The minimum absolute atomic E-state index is 0.376. The minimum Gasteiger partial charge on any atom is -0.507 e. The van der Waals surface area contributed by atoms with Gasteiger partial charge in [-0.05, 0) is 17.7 Å². The Bertz CT molecular complexity index is 1330. The third kappa shape index (κ3) is 4.45. The van der Waals surface area contributed by atoms with Crippen LogP contribution in [0.1, 0.15) is 16.7 Å². The molecule has 0 radical (unpaired) electrons. The van der Waals surface area contributed by atoms with Crippen LogP contribution in [0.4, 0.5) is 89.1 Å². The number of hydrogen-bond donors (Lipinski definition) is 1. The van der Waals surface area contributed by atoms with Crippen LogP contribution in [0.3, 0.4) is 0 Å². The van der Waals surface area contributed by atoms with Gasteiger partial charge in [0.1, 0.15) is 5.76 Å². The van der Waals surface area contributed by atoms with E-state index in [0.717, 1.165) is 0 Å². The number of Topliss-reactive ketones (excluding diaryl/α,β-unsaturated/α-hetero) is 1. The van der Waals surface area contributed by atoms with E-state index in [1.165, 1.54) is 0 Å². The number of rotatable bonds is 3. The largest absolute Gasteiger partial charge is 0.507 e. The summed E-state index contributed by atoms with van der Waals surface area (Å²) in [4.78, 5) is 14.5. The molecule has 0 heterocycles. The summed E-state index contributed by atoms with van der Waals surface area (Å²) in [7, 11) is 0. The number of alkyl halides is 19. The molecule has 0 bridgehead atoms. The van der Waals surface area contributed by atoms with Crippen LogP contribution in [0.5, 0.6) is 0 Å². The predicted octanol–water partition coefficient (Wildman–Crippen LogP) is 8.10. The van der Waals surface area contributed by atoms with Gasteiger partial charge in [0.2, 0.25) is 5.71 Å². The van der Waals surface area contributed by atoms with Crippen molar-refractivity contribution in [2.24, 2.45) is 10.9 Å². The van der Waals surface area contributed by atoms with Crippen molar-refractivity contribution in [3.8, 4) is 0 Å². The van der Waals surface area contributed by atoms with Crippen LogP contribution in [-0.2, 0) is 17.4 Å². The molecule has 0 spiro atoms. The molecule has 0 atom stereocenters. The number of halogens is 19. The first-order valence-electron chi connectivity index (χ1n) is 10.2. The fourth-order valence-electron chi connectivity index (χ4n) is 4.06. The summed E-state index contributed by atoms with van der Waals surface area (Å²) in [6.07, 6.45) is -20.7. The number of allylic oxidation sites excluding steroid dienone is 1. The molecule has 1 aromatic rings. The molecule has 0 unspecified atom stereocenters. The molecule has 0 aromatic heterocycles. The second kappa shape index (κ2) is 8.89. The Hall–Kier alpha value is -3.23. The number of ketones is 1. The van der Waals surface area contributed by atoms with Crippen LogP contribution in [0.2, 0.25) is 0 Å². The summed E-state index contributed by atoms with van der Waals surface area (Å²) < 4.78 is 257. The monoisotopic (exact) mass is 653 g/mol. The number of aliphatic hydroxyl groups excluding tert-OH is 1. The molecule has 0 saturated heterocycles. The third-order valence-electron chi connectivity index (χ3n) is 6.13. The second-order valence-electron chi connectivity index (χ2n) is 8.75. The van der Waals surface area contributed by atoms with Crippen molar-refractivity contribution in [1.82, 2.24) is 0 Å². The molecule has 1 fully saturated rings. The molecule has 1 N–H and O–H groups in total. The van der Waals surface area contributed by atoms with Crippen molar-refractivity contribution < 1.29 is 93.3 Å². The molecule has 3 rings (SSSR count). The summed E-state index contributed by atoms with van der Waals surface area (Å²) in [5.41, 5.74) is -13.6. The van der Waals surface area contributed by atoms with Crippen LogP contribution in [-0.4, -0.2) is 58.6 Å². The van der Waals surface area contributed by atoms with Crippen LogP contribution in [0.15, 0.2) is 22.7 Å². The number of hydrogen-bond acceptors (Lipinski definition) is 3. The molecule has 1 aromatic carbocycles. The average Bonchev–Trinajstić information content (AvgIpc) is 3.10. The quantitative estimate of drug-likeness (QED) is 0.265. The van der Waals surface area contributed by atoms with Gasteiger partial charge in [-0.2, -0.15) is 83.4 Å². The van der Waals surface area contributed by atoms with Crippen molar-refractivity contribution in [1.29, 1.82) is 0 Å². The molecule has 3 nitrogen and oxygen atoms in total. The zero-order valence-electron chi connectivity index (χ0n) is 18.9. The van der Waals surface area contributed by atoms with Crippen molar-refractivity contribution in [2.45, 2.75) is 54.6 Å². The zero-order valence-corrected chi connectivity index (χ0v) is 18.9. The van der Waals surface area contributed by atoms with Crippen molar-refractivity contribution in [2.75, 3.05) is 0 Å². The summed E-state index contributed by atoms with van der Waals surface area (Å²) in [6, 6.07) is -0.941. The molecule has 1 saturated carbocycles. The second-order valence-corrected chi connectivity index (χ2v) is 8.75. The Morgan fingerprint density at radius 2 is 1.17 bits per heavy atom. The van der Waals surface area contributed by atoms with Crippen molar-refractivity contribution >= 4 is 22.9 Å². The summed E-state index contributed by atoms with van der Waals surface area (Å²) in [5.74, 6) is -47.8. The van der Waals surface area contributed by atoms with E-state index in [0.29, 0.717) is 0 Å². The van der Waals surface area contributed by atoms with Gasteiger partial charge in [-0.1, -0.05) is 0 Å². The maximum Gasteiger partial charge on any atom is 0.438 e. The maximum absolute atomic E-state index is 14.3. The van der Waals surface area contributed by atoms with E-state index in [1.807, 2.05) is 4.99 Å². The SMILES string of the molecule is O=C(C1=C(O)c2cc(C(F)(F)F)cc(N=C(C(F)(F)F)C(F)(F)F)c2C1)C1C(F)(F)C(F)(F)C(F)(F)C(F)(F)C1(F)F. The first-order chi connectivity index (χ1) is 18.4. The smallest absolute Gasteiger partial charge is 0.438 e. The lowest BCUT2D eigenvalue weighted by Gasteiger charge is -2.49. The lowest BCUT2D eigenvalue weighted by molar-refractivity contribution is -0.456. The van der Waals surface area contributed by atoms with Gasteiger partial charge in [-0.3, -0.25) is 4.79 Å². The summed E-state index contributed by atoms with van der Waals surface area (Å²) in [6.45, 7) is 0. The fourth-order valence-corrected chi connectivity index (χ4v) is 4.06. The highest BCUT2D eigenvalue weighted by atomic mass is 19.4. The average molecular weight is 653 g/mol. The molecular formula is C20H6F19NO2. The van der Waals surface area contributed by atoms with E-state index >= 15 is 0 Å². The molecule has 2 aliphatic rings. The Labute approximate surface area is 217 Å². The Balaban J connectivity index is 2.30. The van der Waals surface area contributed by atoms with Gasteiger partial charge < -0.3 is 5.11 Å². The fraction of sp³-hybridized carbons (Fsp3) is 0.500. The molecule has 22 heteroatoms. The van der Waals surface area contributed by atoms with Crippen LogP contribution in [0, 0.1) is 5.92 Å². The highest BCUT2D eigenvalue weighted by Gasteiger charge is 2.96. The summed E-state index contributed by atoms with van der Waals surface area (Å²) in [5, 5.41) is 10.1. The number of aliphatic imine (C=N–C) groups is 1. The number of fused-ring (bicyclic) bond motifs is 1. The van der Waals surface area contributed by atoms with Gasteiger partial charge in [0.25, 0.3) is 0 Å². The molecule has 2 aliphatic carbocycles. The van der Waals surface area contributed by atoms with Gasteiger partial charge in [0.05, 0.1) is 11.3 Å². The van der Waals surface area contributed by atoms with Gasteiger partial charge in [-0.15, -0.1) is 0 Å². The lowest BCUT2D eigenvalue weighted by Crippen LogP contribution is -2.78. The Kier molecular flexibility index (Phi) is 7.05. The molecule has 42 heavy (non-hydrogen) atoms. The van der Waals surface area contributed by atoms with E-state index in [4.69, 9.17) is 0 Å². The van der Waals surface area contributed by atoms with Gasteiger partial charge in [-0.25, -0.2) is 4.99 Å². The number of benzene rings is 1. The van der Waals surface area contributed by atoms with Crippen LogP contribution in [0.25, 0.3) is 5.76 Å². The highest BCUT2D eigenvalue weighted by molar-refractivity contribution is 6.07. The van der Waals surface area contributed by atoms with E-state index in [-0.39, 0.29) is 6.07 Å². The normalized spacial score (nSPS) is 23.0. The van der Waals surface area contributed by atoms with Gasteiger partial charge >= 0.3 is 48.1 Å². The Morgan fingerprint density at radius 3 is 1.55 bits per heavy atom. The molecule has 0 amide bonds. The minimum atomic E-state index is -7.53.